The first-order chi connectivity index (χ1) is 13.1. The lowest BCUT2D eigenvalue weighted by molar-refractivity contribution is -0.113. The minimum Gasteiger partial charge on any atom is -0.494 e. The Morgan fingerprint density at radius 3 is 2.67 bits per heavy atom. The summed E-state index contributed by atoms with van der Waals surface area (Å²) < 4.78 is 5.97. The van der Waals surface area contributed by atoms with Crippen LogP contribution >= 0.6 is 34.4 Å². The van der Waals surface area contributed by atoms with Crippen molar-refractivity contribution in [3.05, 3.63) is 46.7 Å². The normalized spacial score (nSPS) is 10.4. The number of nitrogens with one attached hydrogen (secondary N) is 2. The number of amides is 2. The molecule has 0 bridgehead atoms. The molecule has 0 radical (unpaired) electrons. The highest BCUT2D eigenvalue weighted by molar-refractivity contribution is 8.01. The number of carbonyl (C=O) groups is 2. The van der Waals surface area contributed by atoms with Gasteiger partial charge in [-0.05, 0) is 42.6 Å². The van der Waals surface area contributed by atoms with Crippen LogP contribution < -0.4 is 15.4 Å². The first-order valence-corrected chi connectivity index (χ1v) is 10.7. The molecule has 2 amide bonds. The Hall–Kier alpha value is -2.43. The highest BCUT2D eigenvalue weighted by Crippen LogP contribution is 2.26. The Bertz CT molecular complexity index is 895. The Morgan fingerprint density at radius 1 is 1.15 bits per heavy atom. The van der Waals surface area contributed by atoms with Gasteiger partial charge in [-0.1, -0.05) is 29.2 Å². The molecule has 2 N–H and O–H groups in total. The van der Waals surface area contributed by atoms with Crippen molar-refractivity contribution in [2.45, 2.75) is 11.3 Å². The summed E-state index contributed by atoms with van der Waals surface area (Å²) in [6.45, 7) is 2.51. The first kappa shape index (κ1) is 19.3. The summed E-state index contributed by atoms with van der Waals surface area (Å²) in [5.74, 6) is 0.589. The second kappa shape index (κ2) is 9.49. The SMILES string of the molecule is CCOc1ccc(NC(=O)CSc2nnc(NC(=O)c3cccs3)s2)cc1. The maximum atomic E-state index is 12.1. The number of thiophene rings is 1. The standard InChI is InChI=1S/C17H16N4O3S3/c1-2-24-12-7-5-11(6-8-12)18-14(22)10-26-17-21-20-16(27-17)19-15(23)13-4-3-9-25-13/h3-9H,2,10H2,1H3,(H,18,22)(H,19,20,23). The zero-order valence-corrected chi connectivity index (χ0v) is 16.7. The van der Waals surface area contributed by atoms with Crippen molar-refractivity contribution < 1.29 is 14.3 Å². The van der Waals surface area contributed by atoms with Crippen LogP contribution in [0.5, 0.6) is 5.75 Å². The molecule has 0 atom stereocenters. The highest BCUT2D eigenvalue weighted by atomic mass is 32.2. The highest BCUT2D eigenvalue weighted by Gasteiger charge is 2.12. The van der Waals surface area contributed by atoms with Crippen molar-refractivity contribution in [3.63, 3.8) is 0 Å². The Balaban J connectivity index is 1.46. The molecule has 7 nitrogen and oxygen atoms in total. The average Bonchev–Trinajstić information content (AvgIpc) is 3.34. The molecule has 2 aromatic heterocycles. The second-order valence-corrected chi connectivity index (χ2v) is 8.25. The van der Waals surface area contributed by atoms with Crippen LogP contribution in [0, 0.1) is 0 Å². The molecule has 140 valence electrons. The van der Waals surface area contributed by atoms with Gasteiger partial charge in [0.15, 0.2) is 4.34 Å². The number of benzene rings is 1. The lowest BCUT2D eigenvalue weighted by atomic mass is 10.3. The first-order valence-electron chi connectivity index (χ1n) is 7.98. The van der Waals surface area contributed by atoms with Gasteiger partial charge in [0.25, 0.3) is 5.91 Å². The number of hydrogen-bond donors (Lipinski definition) is 2. The number of anilines is 2. The van der Waals surface area contributed by atoms with Crippen LogP contribution in [0.25, 0.3) is 0 Å². The number of rotatable bonds is 8. The van der Waals surface area contributed by atoms with Crippen LogP contribution in [0.1, 0.15) is 16.6 Å². The molecule has 0 saturated carbocycles. The fourth-order valence-electron chi connectivity index (χ4n) is 2.01. The molecule has 0 spiro atoms. The van der Waals surface area contributed by atoms with Gasteiger partial charge in [-0.3, -0.25) is 14.9 Å². The van der Waals surface area contributed by atoms with Gasteiger partial charge in [0.2, 0.25) is 11.0 Å². The van der Waals surface area contributed by atoms with Crippen molar-refractivity contribution in [2.75, 3.05) is 23.0 Å². The van der Waals surface area contributed by atoms with Crippen molar-refractivity contribution in [2.24, 2.45) is 0 Å². The van der Waals surface area contributed by atoms with Gasteiger partial charge < -0.3 is 10.1 Å². The van der Waals surface area contributed by atoms with Crippen LogP contribution in [0.3, 0.4) is 0 Å². The fraction of sp³-hybridized carbons (Fsp3) is 0.176. The molecule has 27 heavy (non-hydrogen) atoms. The van der Waals surface area contributed by atoms with Crippen molar-refractivity contribution in [3.8, 4) is 5.75 Å². The lowest BCUT2D eigenvalue weighted by Gasteiger charge is -2.06. The van der Waals surface area contributed by atoms with Crippen LogP contribution in [-0.2, 0) is 4.79 Å². The van der Waals surface area contributed by atoms with Gasteiger partial charge in [-0.15, -0.1) is 21.5 Å². The third-order valence-electron chi connectivity index (χ3n) is 3.15. The molecule has 0 aliphatic rings. The third-order valence-corrected chi connectivity index (χ3v) is 5.99. The predicted octanol–water partition coefficient (Wildman–Crippen LogP) is 3.98. The molecular weight excluding hydrogens is 404 g/mol. The van der Waals surface area contributed by atoms with E-state index in [1.165, 1.54) is 34.4 Å². The molecule has 3 rings (SSSR count). The number of ether oxygens (including phenoxy) is 1. The zero-order valence-electron chi connectivity index (χ0n) is 14.3. The topological polar surface area (TPSA) is 93.2 Å². The molecule has 0 saturated heterocycles. The smallest absolute Gasteiger partial charge is 0.267 e. The molecule has 0 aliphatic heterocycles. The predicted molar refractivity (Wildman–Crippen MR) is 109 cm³/mol. The van der Waals surface area contributed by atoms with E-state index in [0.717, 1.165) is 5.75 Å². The third kappa shape index (κ3) is 5.78. The van der Waals surface area contributed by atoms with Gasteiger partial charge >= 0.3 is 0 Å². The van der Waals surface area contributed by atoms with Crippen molar-refractivity contribution in [1.82, 2.24) is 10.2 Å². The largest absolute Gasteiger partial charge is 0.494 e. The maximum absolute atomic E-state index is 12.1. The van der Waals surface area contributed by atoms with Crippen LogP contribution in [0.2, 0.25) is 0 Å². The number of hydrogen-bond acceptors (Lipinski definition) is 8. The van der Waals surface area contributed by atoms with E-state index in [-0.39, 0.29) is 17.6 Å². The summed E-state index contributed by atoms with van der Waals surface area (Å²) >= 11 is 3.85. The fourth-order valence-corrected chi connectivity index (χ4v) is 4.18. The van der Waals surface area contributed by atoms with Crippen LogP contribution in [-0.4, -0.2) is 34.4 Å². The van der Waals surface area contributed by atoms with Crippen molar-refractivity contribution >= 4 is 57.1 Å². The van der Waals surface area contributed by atoms with Gasteiger partial charge in [-0.25, -0.2) is 0 Å². The van der Waals surface area contributed by atoms with E-state index in [0.29, 0.717) is 26.6 Å². The summed E-state index contributed by atoms with van der Waals surface area (Å²) in [5.41, 5.74) is 0.699. The average molecular weight is 421 g/mol. The van der Waals surface area contributed by atoms with Crippen LogP contribution in [0.15, 0.2) is 46.1 Å². The summed E-state index contributed by atoms with van der Waals surface area (Å²) in [7, 11) is 0. The van der Waals surface area contributed by atoms with Gasteiger partial charge in [0.1, 0.15) is 5.75 Å². The van der Waals surface area contributed by atoms with E-state index < -0.39 is 0 Å². The molecular formula is C17H16N4O3S3. The second-order valence-electron chi connectivity index (χ2n) is 5.10. The van der Waals surface area contributed by atoms with E-state index in [4.69, 9.17) is 4.74 Å². The van der Waals surface area contributed by atoms with E-state index in [1.54, 1.807) is 30.3 Å². The molecule has 2 heterocycles. The molecule has 0 fully saturated rings. The quantitative estimate of drug-likeness (QED) is 0.423. The van der Waals surface area contributed by atoms with Gasteiger partial charge in [0, 0.05) is 5.69 Å². The minimum atomic E-state index is -0.217. The number of thioether (sulfide) groups is 1. The molecule has 10 heteroatoms. The summed E-state index contributed by atoms with van der Waals surface area (Å²) in [6, 6.07) is 10.7. The maximum Gasteiger partial charge on any atom is 0.267 e. The van der Waals surface area contributed by atoms with E-state index in [9.17, 15) is 9.59 Å². The Kier molecular flexibility index (Phi) is 6.80. The zero-order chi connectivity index (χ0) is 19.1. The molecule has 0 aliphatic carbocycles. The lowest BCUT2D eigenvalue weighted by Crippen LogP contribution is -2.13. The summed E-state index contributed by atoms with van der Waals surface area (Å²) in [4.78, 5) is 24.6. The molecule has 0 unspecified atom stereocenters. The van der Waals surface area contributed by atoms with Gasteiger partial charge in [-0.2, -0.15) is 0 Å². The van der Waals surface area contributed by atoms with Crippen molar-refractivity contribution in [1.29, 1.82) is 0 Å². The Labute approximate surface area is 168 Å². The van der Waals surface area contributed by atoms with Gasteiger partial charge in [0.05, 0.1) is 17.2 Å². The minimum absolute atomic E-state index is 0.150. The Morgan fingerprint density at radius 2 is 1.96 bits per heavy atom. The number of nitrogens with zero attached hydrogens (tertiary/aromatic N) is 2. The monoisotopic (exact) mass is 420 g/mol. The summed E-state index contributed by atoms with van der Waals surface area (Å²) in [5, 5.41) is 15.7. The van der Waals surface area contributed by atoms with Crippen LogP contribution in [0.4, 0.5) is 10.8 Å². The molecule has 1 aromatic carbocycles. The van der Waals surface area contributed by atoms with E-state index in [2.05, 4.69) is 20.8 Å². The van der Waals surface area contributed by atoms with E-state index in [1.807, 2.05) is 18.4 Å². The molecule has 3 aromatic rings. The summed E-state index contributed by atoms with van der Waals surface area (Å²) in [6.07, 6.45) is 0. The number of aromatic nitrogens is 2. The number of carbonyl (C=O) groups excluding carboxylic acids is 2. The van der Waals surface area contributed by atoms with E-state index >= 15 is 0 Å².